The number of halogens is 1. The van der Waals surface area contributed by atoms with Crippen LogP contribution in [0, 0.1) is 10.1 Å². The van der Waals surface area contributed by atoms with E-state index in [2.05, 4.69) is 20.9 Å². The van der Waals surface area contributed by atoms with Gasteiger partial charge in [-0.15, -0.1) is 0 Å². The van der Waals surface area contributed by atoms with Crippen LogP contribution in [0.25, 0.3) is 0 Å². The standard InChI is InChI=1S/C9H5BrN2O3S/c10-6-1-3-7(4-2-6)15-9-11-5-8(16-9)12(13)14/h1-5H. The van der Waals surface area contributed by atoms with E-state index in [0.717, 1.165) is 15.8 Å². The monoisotopic (exact) mass is 300 g/mol. The second kappa shape index (κ2) is 4.58. The van der Waals surface area contributed by atoms with E-state index in [1.54, 1.807) is 12.1 Å². The first-order valence-electron chi connectivity index (χ1n) is 4.19. The topological polar surface area (TPSA) is 65.3 Å². The molecular formula is C9H5BrN2O3S. The lowest BCUT2D eigenvalue weighted by Crippen LogP contribution is -1.81. The summed E-state index contributed by atoms with van der Waals surface area (Å²) < 4.78 is 6.28. The molecule has 7 heteroatoms. The van der Waals surface area contributed by atoms with Crippen LogP contribution in [-0.2, 0) is 0 Å². The third-order valence-corrected chi connectivity index (χ3v) is 3.03. The maximum Gasteiger partial charge on any atom is 0.347 e. The molecule has 0 spiro atoms. The van der Waals surface area contributed by atoms with E-state index in [4.69, 9.17) is 4.74 Å². The third-order valence-electron chi connectivity index (χ3n) is 1.67. The number of hydrogen-bond donors (Lipinski definition) is 0. The number of benzene rings is 1. The van der Waals surface area contributed by atoms with E-state index in [0.29, 0.717) is 5.75 Å². The summed E-state index contributed by atoms with van der Waals surface area (Å²) in [5.74, 6) is 0.590. The van der Waals surface area contributed by atoms with Crippen molar-refractivity contribution in [3.63, 3.8) is 0 Å². The Balaban J connectivity index is 2.14. The van der Waals surface area contributed by atoms with Gasteiger partial charge >= 0.3 is 5.00 Å². The molecule has 2 aromatic rings. The zero-order valence-electron chi connectivity index (χ0n) is 7.79. The van der Waals surface area contributed by atoms with E-state index in [1.807, 2.05) is 12.1 Å². The Bertz CT molecular complexity index is 512. The summed E-state index contributed by atoms with van der Waals surface area (Å²) in [5.41, 5.74) is 0. The average Bonchev–Trinajstić information content (AvgIpc) is 2.70. The van der Waals surface area contributed by atoms with Crippen LogP contribution in [0.1, 0.15) is 0 Å². The highest BCUT2D eigenvalue weighted by molar-refractivity contribution is 9.10. The molecule has 0 N–H and O–H groups in total. The molecule has 0 aliphatic heterocycles. The Morgan fingerprint density at radius 3 is 2.62 bits per heavy atom. The average molecular weight is 301 g/mol. The fraction of sp³-hybridized carbons (Fsp3) is 0. The highest BCUT2D eigenvalue weighted by Gasteiger charge is 2.12. The minimum absolute atomic E-state index is 0.0351. The highest BCUT2D eigenvalue weighted by Crippen LogP contribution is 2.31. The molecule has 0 unspecified atom stereocenters. The van der Waals surface area contributed by atoms with Crippen molar-refractivity contribution in [1.29, 1.82) is 0 Å². The van der Waals surface area contributed by atoms with Crippen LogP contribution in [0.2, 0.25) is 0 Å². The second-order valence-corrected chi connectivity index (χ2v) is 4.66. The van der Waals surface area contributed by atoms with Gasteiger partial charge in [0, 0.05) is 4.47 Å². The SMILES string of the molecule is O=[N+]([O-])c1cnc(Oc2ccc(Br)cc2)s1. The van der Waals surface area contributed by atoms with Gasteiger partial charge in [0.25, 0.3) is 5.19 Å². The molecule has 1 aromatic carbocycles. The molecule has 0 aliphatic carbocycles. The molecule has 0 saturated heterocycles. The molecule has 0 saturated carbocycles. The number of nitrogens with zero attached hydrogens (tertiary/aromatic N) is 2. The minimum atomic E-state index is -0.494. The predicted octanol–water partition coefficient (Wildman–Crippen LogP) is 3.61. The number of hydrogen-bond acceptors (Lipinski definition) is 5. The Hall–Kier alpha value is -1.47. The quantitative estimate of drug-likeness (QED) is 0.641. The Morgan fingerprint density at radius 2 is 2.06 bits per heavy atom. The van der Waals surface area contributed by atoms with Gasteiger partial charge in [-0.1, -0.05) is 15.9 Å². The lowest BCUT2D eigenvalue weighted by Gasteiger charge is -1.99. The molecule has 2 rings (SSSR count). The summed E-state index contributed by atoms with van der Waals surface area (Å²) in [6.45, 7) is 0. The van der Waals surface area contributed by atoms with Crippen LogP contribution in [0.15, 0.2) is 34.9 Å². The van der Waals surface area contributed by atoms with Crippen molar-refractivity contribution in [3.05, 3.63) is 45.0 Å². The first kappa shape index (κ1) is 11.0. The van der Waals surface area contributed by atoms with Crippen molar-refractivity contribution in [2.24, 2.45) is 0 Å². The minimum Gasteiger partial charge on any atom is -0.431 e. The molecule has 1 aromatic heterocycles. The summed E-state index contributed by atoms with van der Waals surface area (Å²) in [7, 11) is 0. The third kappa shape index (κ3) is 2.56. The smallest absolute Gasteiger partial charge is 0.347 e. The van der Waals surface area contributed by atoms with Crippen molar-refractivity contribution in [2.75, 3.05) is 0 Å². The largest absolute Gasteiger partial charge is 0.431 e. The van der Waals surface area contributed by atoms with E-state index in [-0.39, 0.29) is 10.2 Å². The normalized spacial score (nSPS) is 10.1. The first-order valence-corrected chi connectivity index (χ1v) is 5.80. The Morgan fingerprint density at radius 1 is 1.38 bits per heavy atom. The van der Waals surface area contributed by atoms with Crippen LogP contribution >= 0.6 is 27.3 Å². The maximum absolute atomic E-state index is 10.4. The van der Waals surface area contributed by atoms with Crippen LogP contribution in [0.4, 0.5) is 5.00 Å². The van der Waals surface area contributed by atoms with Crippen LogP contribution in [0.3, 0.4) is 0 Å². The predicted molar refractivity (Wildman–Crippen MR) is 63.0 cm³/mol. The van der Waals surface area contributed by atoms with Gasteiger partial charge in [-0.25, -0.2) is 4.98 Å². The van der Waals surface area contributed by atoms with Gasteiger partial charge in [-0.05, 0) is 35.6 Å². The molecule has 0 atom stereocenters. The van der Waals surface area contributed by atoms with Crippen molar-refractivity contribution >= 4 is 32.3 Å². The number of thiazole rings is 1. The van der Waals surface area contributed by atoms with E-state index in [1.165, 1.54) is 6.20 Å². The molecular weight excluding hydrogens is 296 g/mol. The number of nitro groups is 1. The number of aromatic nitrogens is 1. The summed E-state index contributed by atoms with van der Waals surface area (Å²) >= 11 is 4.19. The van der Waals surface area contributed by atoms with Crippen molar-refractivity contribution in [3.8, 4) is 10.9 Å². The summed E-state index contributed by atoms with van der Waals surface area (Å²) in [4.78, 5) is 13.7. The molecule has 5 nitrogen and oxygen atoms in total. The maximum atomic E-state index is 10.4. The van der Waals surface area contributed by atoms with Gasteiger partial charge in [-0.2, -0.15) is 0 Å². The van der Waals surface area contributed by atoms with Crippen LogP contribution in [-0.4, -0.2) is 9.91 Å². The zero-order chi connectivity index (χ0) is 11.5. The molecule has 0 amide bonds. The van der Waals surface area contributed by atoms with Gasteiger partial charge in [-0.3, -0.25) is 10.1 Å². The van der Waals surface area contributed by atoms with E-state index < -0.39 is 4.92 Å². The molecule has 82 valence electrons. The summed E-state index contributed by atoms with van der Waals surface area (Å²) in [6.07, 6.45) is 1.18. The Labute approximate surface area is 103 Å². The van der Waals surface area contributed by atoms with Gasteiger partial charge in [0.05, 0.1) is 4.92 Å². The number of rotatable bonds is 3. The molecule has 1 heterocycles. The van der Waals surface area contributed by atoms with E-state index >= 15 is 0 Å². The van der Waals surface area contributed by atoms with Crippen LogP contribution < -0.4 is 4.74 Å². The van der Waals surface area contributed by atoms with Gasteiger partial charge in [0.1, 0.15) is 11.9 Å². The van der Waals surface area contributed by atoms with Gasteiger partial charge in [0.15, 0.2) is 0 Å². The zero-order valence-corrected chi connectivity index (χ0v) is 10.2. The summed E-state index contributed by atoms with van der Waals surface area (Å²) in [6, 6.07) is 7.13. The Kier molecular flexibility index (Phi) is 3.16. The lowest BCUT2D eigenvalue weighted by molar-refractivity contribution is -0.380. The van der Waals surface area contributed by atoms with Crippen molar-refractivity contribution in [2.45, 2.75) is 0 Å². The molecule has 0 fully saturated rings. The second-order valence-electron chi connectivity index (χ2n) is 2.78. The van der Waals surface area contributed by atoms with E-state index in [9.17, 15) is 10.1 Å². The fourth-order valence-electron chi connectivity index (χ4n) is 0.985. The number of ether oxygens (including phenoxy) is 1. The summed E-state index contributed by atoms with van der Waals surface area (Å²) in [5, 5.41) is 10.6. The first-order chi connectivity index (χ1) is 7.65. The van der Waals surface area contributed by atoms with Crippen molar-refractivity contribution < 1.29 is 9.66 Å². The molecule has 0 radical (unpaired) electrons. The fourth-order valence-corrected chi connectivity index (χ4v) is 1.85. The lowest BCUT2D eigenvalue weighted by atomic mass is 10.3. The molecule has 0 aliphatic rings. The van der Waals surface area contributed by atoms with Crippen LogP contribution in [0.5, 0.6) is 10.9 Å². The molecule has 0 bridgehead atoms. The molecule has 16 heavy (non-hydrogen) atoms. The highest BCUT2D eigenvalue weighted by atomic mass is 79.9. The van der Waals surface area contributed by atoms with Crippen molar-refractivity contribution in [1.82, 2.24) is 4.98 Å². The van der Waals surface area contributed by atoms with Gasteiger partial charge < -0.3 is 4.74 Å². The van der Waals surface area contributed by atoms with Gasteiger partial charge in [0.2, 0.25) is 0 Å².